The van der Waals surface area contributed by atoms with E-state index < -0.39 is 0 Å². The molecule has 1 aromatic heterocycles. The highest BCUT2D eigenvalue weighted by molar-refractivity contribution is 5.94. The Hall–Kier alpha value is -3.03. The van der Waals surface area contributed by atoms with E-state index in [1.54, 1.807) is 12.3 Å². The molecule has 7 heteroatoms. The lowest BCUT2D eigenvalue weighted by atomic mass is 10.0. The number of benzene rings is 2. The monoisotopic (exact) mass is 408 g/mol. The van der Waals surface area contributed by atoms with Gasteiger partial charge in [-0.2, -0.15) is 0 Å². The first-order chi connectivity index (χ1) is 14.6. The molecular formula is C23H25FN4O2. The molecule has 1 aliphatic rings. The number of hydrogen-bond donors (Lipinski definition) is 3. The van der Waals surface area contributed by atoms with Crippen LogP contribution in [-0.4, -0.2) is 46.6 Å². The maximum absolute atomic E-state index is 13.3. The second kappa shape index (κ2) is 9.19. The van der Waals surface area contributed by atoms with Gasteiger partial charge in [0.25, 0.3) is 0 Å². The number of hydrogen-bond acceptors (Lipinski definition) is 5. The lowest BCUT2D eigenvalue weighted by molar-refractivity contribution is -0.117. The number of pyridine rings is 1. The van der Waals surface area contributed by atoms with Crippen LogP contribution in [0.15, 0.2) is 54.7 Å². The highest BCUT2D eigenvalue weighted by Gasteiger charge is 2.21. The number of nitrogens with one attached hydrogen (secondary N) is 2. The number of anilines is 2. The molecular weight excluding hydrogens is 383 g/mol. The molecule has 1 fully saturated rings. The maximum atomic E-state index is 13.3. The highest BCUT2D eigenvalue weighted by Crippen LogP contribution is 2.22. The smallest absolute Gasteiger partial charge is 0.238 e. The minimum Gasteiger partial charge on any atom is -0.392 e. The summed E-state index contributed by atoms with van der Waals surface area (Å²) < 4.78 is 13.3. The molecule has 0 atom stereocenters. The number of aliphatic hydroxyl groups is 1. The maximum Gasteiger partial charge on any atom is 0.238 e. The van der Waals surface area contributed by atoms with E-state index in [4.69, 9.17) is 0 Å². The van der Waals surface area contributed by atoms with Crippen LogP contribution in [0, 0.1) is 5.82 Å². The van der Waals surface area contributed by atoms with Crippen LogP contribution in [0.2, 0.25) is 0 Å². The summed E-state index contributed by atoms with van der Waals surface area (Å²) in [6.45, 7) is 1.73. The van der Waals surface area contributed by atoms with Gasteiger partial charge in [0.1, 0.15) is 5.82 Å². The second-order valence-corrected chi connectivity index (χ2v) is 7.61. The first kappa shape index (κ1) is 20.3. The number of fused-ring (bicyclic) bond motifs is 1. The fourth-order valence-electron chi connectivity index (χ4n) is 3.85. The summed E-state index contributed by atoms with van der Waals surface area (Å²) in [5.41, 5.74) is 2.99. The van der Waals surface area contributed by atoms with E-state index in [9.17, 15) is 14.3 Å². The Morgan fingerprint density at radius 2 is 2.00 bits per heavy atom. The summed E-state index contributed by atoms with van der Waals surface area (Å²) in [6, 6.07) is 14.2. The zero-order chi connectivity index (χ0) is 20.9. The minimum atomic E-state index is -0.354. The van der Waals surface area contributed by atoms with E-state index in [0.29, 0.717) is 12.1 Å². The second-order valence-electron chi connectivity index (χ2n) is 7.61. The molecule has 0 radical (unpaired) electrons. The Labute approximate surface area is 174 Å². The van der Waals surface area contributed by atoms with E-state index in [0.717, 1.165) is 48.2 Å². The van der Waals surface area contributed by atoms with Crippen LogP contribution >= 0.6 is 0 Å². The molecule has 2 heterocycles. The fraction of sp³-hybridized carbons (Fsp3) is 0.304. The Bertz CT molecular complexity index is 1030. The Kier molecular flexibility index (Phi) is 6.21. The van der Waals surface area contributed by atoms with Crippen LogP contribution in [0.3, 0.4) is 0 Å². The van der Waals surface area contributed by atoms with E-state index in [-0.39, 0.29) is 24.4 Å². The van der Waals surface area contributed by atoms with Crippen molar-refractivity contribution in [3.63, 3.8) is 0 Å². The summed E-state index contributed by atoms with van der Waals surface area (Å²) >= 11 is 0. The summed E-state index contributed by atoms with van der Waals surface area (Å²) in [6.07, 6.45) is 3.49. The number of halogens is 1. The van der Waals surface area contributed by atoms with Crippen molar-refractivity contribution in [3.8, 4) is 0 Å². The summed E-state index contributed by atoms with van der Waals surface area (Å²) in [7, 11) is 0. The van der Waals surface area contributed by atoms with E-state index >= 15 is 0 Å². The molecule has 0 aliphatic carbocycles. The number of aliphatic hydroxyl groups excluding tert-OH is 1. The Morgan fingerprint density at radius 3 is 2.80 bits per heavy atom. The molecule has 3 N–H and O–H groups in total. The third-order valence-corrected chi connectivity index (χ3v) is 5.44. The van der Waals surface area contributed by atoms with Crippen LogP contribution in [0.4, 0.5) is 15.8 Å². The zero-order valence-corrected chi connectivity index (χ0v) is 16.6. The van der Waals surface area contributed by atoms with Crippen LogP contribution in [0.1, 0.15) is 18.4 Å². The molecule has 6 nitrogen and oxygen atoms in total. The van der Waals surface area contributed by atoms with Gasteiger partial charge in [0, 0.05) is 47.7 Å². The van der Waals surface area contributed by atoms with Gasteiger partial charge < -0.3 is 15.7 Å². The molecule has 3 aromatic rings. The number of nitrogens with zero attached hydrogens (tertiary/aromatic N) is 2. The van der Waals surface area contributed by atoms with Gasteiger partial charge in [0.05, 0.1) is 18.7 Å². The molecule has 1 saturated heterocycles. The number of piperidine rings is 1. The largest absolute Gasteiger partial charge is 0.392 e. The molecule has 4 rings (SSSR count). The molecule has 30 heavy (non-hydrogen) atoms. The van der Waals surface area contributed by atoms with Crippen molar-refractivity contribution in [2.45, 2.75) is 25.5 Å². The van der Waals surface area contributed by atoms with Gasteiger partial charge in [-0.25, -0.2) is 4.39 Å². The first-order valence-electron chi connectivity index (χ1n) is 10.1. The molecule has 0 unspecified atom stereocenters. The lowest BCUT2D eigenvalue weighted by Gasteiger charge is -2.32. The Morgan fingerprint density at radius 1 is 1.17 bits per heavy atom. The average molecular weight is 408 g/mol. The number of rotatable bonds is 6. The summed E-state index contributed by atoms with van der Waals surface area (Å²) in [4.78, 5) is 18.9. The first-order valence-corrected chi connectivity index (χ1v) is 10.1. The van der Waals surface area contributed by atoms with Crippen molar-refractivity contribution in [2.24, 2.45) is 0 Å². The van der Waals surface area contributed by atoms with Crippen molar-refractivity contribution >= 4 is 28.2 Å². The minimum absolute atomic E-state index is 0.0363. The van der Waals surface area contributed by atoms with Crippen LogP contribution < -0.4 is 10.6 Å². The number of likely N-dealkylation sites (tertiary alicyclic amines) is 1. The summed E-state index contributed by atoms with van der Waals surface area (Å²) in [5, 5.41) is 16.8. The predicted molar refractivity (Wildman–Crippen MR) is 116 cm³/mol. The average Bonchev–Trinajstić information content (AvgIpc) is 2.76. The zero-order valence-electron chi connectivity index (χ0n) is 16.6. The standard InChI is InChI=1S/C23H25FN4O2/c24-18-3-5-22(17(12-18)15-29)26-19-7-10-28(11-8-19)14-23(30)27-20-4-6-21-16(13-20)2-1-9-25-21/h1-6,9,12-13,19,26,29H,7-8,10-11,14-15H2,(H,27,30). The van der Waals surface area contributed by atoms with Crippen LogP contribution in [0.25, 0.3) is 10.9 Å². The van der Waals surface area contributed by atoms with E-state index in [2.05, 4.69) is 20.5 Å². The van der Waals surface area contributed by atoms with Crippen molar-refractivity contribution in [1.82, 2.24) is 9.88 Å². The molecule has 0 spiro atoms. The van der Waals surface area contributed by atoms with Crippen molar-refractivity contribution in [1.29, 1.82) is 0 Å². The molecule has 1 amide bonds. The van der Waals surface area contributed by atoms with Gasteiger partial charge in [-0.3, -0.25) is 14.7 Å². The van der Waals surface area contributed by atoms with Crippen LogP contribution in [0.5, 0.6) is 0 Å². The topological polar surface area (TPSA) is 77.5 Å². The number of carbonyl (C=O) groups excluding carboxylic acids is 1. The quantitative estimate of drug-likeness (QED) is 0.583. The predicted octanol–water partition coefficient (Wildman–Crippen LogP) is 3.38. The highest BCUT2D eigenvalue weighted by atomic mass is 19.1. The Balaban J connectivity index is 1.27. The third kappa shape index (κ3) is 4.93. The normalized spacial score (nSPS) is 15.3. The van der Waals surface area contributed by atoms with Crippen LogP contribution in [-0.2, 0) is 11.4 Å². The van der Waals surface area contributed by atoms with Gasteiger partial charge in [0.15, 0.2) is 0 Å². The molecule has 0 saturated carbocycles. The van der Waals surface area contributed by atoms with E-state index in [1.165, 1.54) is 12.1 Å². The van der Waals surface area contributed by atoms with Gasteiger partial charge >= 0.3 is 0 Å². The van der Waals surface area contributed by atoms with Gasteiger partial charge in [-0.05, 0) is 55.3 Å². The fourth-order valence-corrected chi connectivity index (χ4v) is 3.85. The number of carbonyl (C=O) groups is 1. The van der Waals surface area contributed by atoms with Crippen molar-refractivity contribution in [2.75, 3.05) is 30.3 Å². The van der Waals surface area contributed by atoms with Crippen molar-refractivity contribution < 1.29 is 14.3 Å². The van der Waals surface area contributed by atoms with E-state index in [1.807, 2.05) is 30.3 Å². The molecule has 1 aliphatic heterocycles. The third-order valence-electron chi connectivity index (χ3n) is 5.44. The molecule has 2 aromatic carbocycles. The lowest BCUT2D eigenvalue weighted by Crippen LogP contribution is -2.42. The van der Waals surface area contributed by atoms with Gasteiger partial charge in [-0.15, -0.1) is 0 Å². The SMILES string of the molecule is O=C(CN1CCC(Nc2ccc(F)cc2CO)CC1)Nc1ccc2ncccc2c1. The van der Waals surface area contributed by atoms with Gasteiger partial charge in [-0.1, -0.05) is 6.07 Å². The number of amides is 1. The number of aromatic nitrogens is 1. The molecule has 0 bridgehead atoms. The molecule has 156 valence electrons. The summed E-state index contributed by atoms with van der Waals surface area (Å²) in [5.74, 6) is -0.390. The van der Waals surface area contributed by atoms with Crippen molar-refractivity contribution in [3.05, 3.63) is 66.1 Å². The van der Waals surface area contributed by atoms with Gasteiger partial charge in [0.2, 0.25) is 5.91 Å².